The van der Waals surface area contributed by atoms with Crippen LogP contribution in [0.5, 0.6) is 0 Å². The second kappa shape index (κ2) is 8.86. The molecule has 2 aliphatic rings. The Morgan fingerprint density at radius 1 is 1.26 bits per heavy atom. The van der Waals surface area contributed by atoms with Crippen molar-refractivity contribution in [2.45, 2.75) is 38.3 Å². The Hall–Kier alpha value is -3.24. The van der Waals surface area contributed by atoms with Crippen molar-refractivity contribution < 1.29 is 14.7 Å². The lowest BCUT2D eigenvalue weighted by Gasteiger charge is -2.58. The van der Waals surface area contributed by atoms with E-state index in [1.165, 1.54) is 23.5 Å². The zero-order valence-corrected chi connectivity index (χ0v) is 17.7. The van der Waals surface area contributed by atoms with Gasteiger partial charge in [-0.05, 0) is 23.6 Å². The third-order valence-corrected chi connectivity index (χ3v) is 5.86. The summed E-state index contributed by atoms with van der Waals surface area (Å²) in [6.07, 6.45) is 5.23. The molecule has 0 saturated carbocycles. The lowest BCUT2D eigenvalue weighted by Crippen LogP contribution is -2.73. The molecular formula is C24H26N4O3. The van der Waals surface area contributed by atoms with Gasteiger partial charge in [0.1, 0.15) is 12.2 Å². The minimum Gasteiger partial charge on any atom is -0.394 e. The summed E-state index contributed by atoms with van der Waals surface area (Å²) in [6, 6.07) is 7.54. The normalized spacial score (nSPS) is 22.5. The largest absolute Gasteiger partial charge is 0.394 e. The van der Waals surface area contributed by atoms with Gasteiger partial charge in [0.25, 0.3) is 5.91 Å². The summed E-state index contributed by atoms with van der Waals surface area (Å²) in [6.45, 7) is 4.55. The van der Waals surface area contributed by atoms with Gasteiger partial charge in [-0.2, -0.15) is 0 Å². The van der Waals surface area contributed by atoms with E-state index in [1.807, 2.05) is 24.3 Å². The van der Waals surface area contributed by atoms with Crippen LogP contribution in [-0.4, -0.2) is 68.5 Å². The monoisotopic (exact) mass is 418 g/mol. The molecule has 4 rings (SSSR count). The third-order valence-electron chi connectivity index (χ3n) is 5.86. The average Bonchev–Trinajstić information content (AvgIpc) is 2.76. The molecule has 1 N–H and O–H groups in total. The van der Waals surface area contributed by atoms with Crippen molar-refractivity contribution in [1.29, 1.82) is 0 Å². The van der Waals surface area contributed by atoms with Gasteiger partial charge in [0, 0.05) is 36.8 Å². The topological polar surface area (TPSA) is 86.6 Å². The van der Waals surface area contributed by atoms with Gasteiger partial charge < -0.3 is 14.9 Å². The fourth-order valence-electron chi connectivity index (χ4n) is 4.37. The first-order valence-corrected chi connectivity index (χ1v) is 10.6. The van der Waals surface area contributed by atoms with Crippen LogP contribution in [0.15, 0.2) is 42.9 Å². The number of amides is 2. The highest BCUT2D eigenvalue weighted by molar-refractivity contribution is 5.95. The molecule has 2 saturated heterocycles. The number of nitrogens with zero attached hydrogens (tertiary/aromatic N) is 4. The predicted octanol–water partition coefficient (Wildman–Crippen LogP) is 1.69. The van der Waals surface area contributed by atoms with Gasteiger partial charge in [0.05, 0.1) is 24.9 Å². The Balaban J connectivity index is 1.52. The maximum Gasteiger partial charge on any atom is 0.274 e. The van der Waals surface area contributed by atoms with E-state index in [4.69, 9.17) is 0 Å². The number of aliphatic hydroxyl groups excluding tert-OH is 1. The van der Waals surface area contributed by atoms with E-state index in [0.717, 1.165) is 17.5 Å². The molecule has 3 heterocycles. The number of carbonyl (C=O) groups excluding carboxylic acids is 2. The number of fused-ring (bicyclic) bond motifs is 1. The molecule has 0 spiro atoms. The minimum atomic E-state index is -0.303. The number of aliphatic hydroxyl groups is 1. The molecule has 31 heavy (non-hydrogen) atoms. The number of piperazine rings is 1. The lowest BCUT2D eigenvalue weighted by atomic mass is 9.73. The molecule has 1 aromatic heterocycles. The molecule has 7 nitrogen and oxygen atoms in total. The highest BCUT2D eigenvalue weighted by atomic mass is 16.3. The molecule has 0 radical (unpaired) electrons. The smallest absolute Gasteiger partial charge is 0.274 e. The predicted molar refractivity (Wildman–Crippen MR) is 115 cm³/mol. The van der Waals surface area contributed by atoms with Crippen LogP contribution < -0.4 is 0 Å². The maximum absolute atomic E-state index is 12.8. The van der Waals surface area contributed by atoms with E-state index < -0.39 is 0 Å². The Bertz CT molecular complexity index is 1010. The second-order valence-electron chi connectivity index (χ2n) is 8.44. The lowest BCUT2D eigenvalue weighted by molar-refractivity contribution is -0.159. The van der Waals surface area contributed by atoms with Crippen LogP contribution in [-0.2, 0) is 4.79 Å². The van der Waals surface area contributed by atoms with Crippen molar-refractivity contribution in [2.75, 3.05) is 19.7 Å². The molecule has 2 amide bonds. The molecular weight excluding hydrogens is 392 g/mol. The Morgan fingerprint density at radius 2 is 2.03 bits per heavy atom. The van der Waals surface area contributed by atoms with Crippen molar-refractivity contribution in [3.8, 4) is 11.8 Å². The number of hydrogen-bond donors (Lipinski definition) is 1. The van der Waals surface area contributed by atoms with Crippen LogP contribution >= 0.6 is 0 Å². The average molecular weight is 418 g/mol. The summed E-state index contributed by atoms with van der Waals surface area (Å²) in [4.78, 5) is 36.8. The number of hydrogen-bond acceptors (Lipinski definition) is 5. The standard InChI is InChI=1S/C24H26N4O3/c1-16(2)4-3-5-17-6-8-18(9-7-17)23-20-13-27(14-22(30)28(20)21(23)15-29)24(31)19-12-25-10-11-26-19/h6-12,16,20-21,23,29H,4,13-15H2,1-2H3/t20-,21+,23-/m1/s1. The highest BCUT2D eigenvalue weighted by Crippen LogP contribution is 2.43. The second-order valence-corrected chi connectivity index (χ2v) is 8.44. The number of carbonyl (C=O) groups is 2. The Kier molecular flexibility index (Phi) is 6.01. The summed E-state index contributed by atoms with van der Waals surface area (Å²) in [7, 11) is 0. The van der Waals surface area contributed by atoms with Gasteiger partial charge in [0.15, 0.2) is 0 Å². The first-order valence-electron chi connectivity index (χ1n) is 10.6. The molecule has 0 bridgehead atoms. The van der Waals surface area contributed by atoms with Gasteiger partial charge in [-0.15, -0.1) is 0 Å². The van der Waals surface area contributed by atoms with Gasteiger partial charge in [-0.1, -0.05) is 37.8 Å². The molecule has 2 aliphatic heterocycles. The van der Waals surface area contributed by atoms with Crippen LogP contribution in [0.3, 0.4) is 0 Å². The van der Waals surface area contributed by atoms with E-state index >= 15 is 0 Å². The van der Waals surface area contributed by atoms with E-state index in [0.29, 0.717) is 12.5 Å². The van der Waals surface area contributed by atoms with Gasteiger partial charge in [-0.3, -0.25) is 14.6 Å². The molecule has 0 aliphatic carbocycles. The van der Waals surface area contributed by atoms with Crippen molar-refractivity contribution in [3.05, 3.63) is 59.7 Å². The van der Waals surface area contributed by atoms with Gasteiger partial charge in [-0.25, -0.2) is 4.98 Å². The van der Waals surface area contributed by atoms with Crippen molar-refractivity contribution in [3.63, 3.8) is 0 Å². The summed E-state index contributed by atoms with van der Waals surface area (Å²) < 4.78 is 0. The SMILES string of the molecule is CC(C)CC#Cc1ccc([C@@H]2[C@H]3CN(C(=O)c4cnccn4)CC(=O)N3[C@H]2CO)cc1. The zero-order chi connectivity index (χ0) is 22.0. The Labute approximate surface area is 182 Å². The summed E-state index contributed by atoms with van der Waals surface area (Å²) in [5.74, 6) is 6.40. The number of benzene rings is 1. The molecule has 1 aromatic carbocycles. The van der Waals surface area contributed by atoms with Crippen LogP contribution in [0.25, 0.3) is 0 Å². The molecule has 2 aromatic rings. The first-order chi connectivity index (χ1) is 15.0. The Morgan fingerprint density at radius 3 is 2.68 bits per heavy atom. The fourth-order valence-corrected chi connectivity index (χ4v) is 4.37. The van der Waals surface area contributed by atoms with E-state index in [2.05, 4.69) is 35.7 Å². The van der Waals surface area contributed by atoms with Gasteiger partial charge >= 0.3 is 0 Å². The summed E-state index contributed by atoms with van der Waals surface area (Å²) in [5.41, 5.74) is 2.21. The third kappa shape index (κ3) is 4.17. The minimum absolute atomic E-state index is 0.0144. The molecule has 7 heteroatoms. The summed E-state index contributed by atoms with van der Waals surface area (Å²) in [5, 5.41) is 9.94. The van der Waals surface area contributed by atoms with E-state index in [9.17, 15) is 14.7 Å². The van der Waals surface area contributed by atoms with Crippen molar-refractivity contribution in [1.82, 2.24) is 19.8 Å². The zero-order valence-electron chi connectivity index (χ0n) is 17.7. The van der Waals surface area contributed by atoms with Crippen LogP contribution in [0, 0.1) is 17.8 Å². The maximum atomic E-state index is 12.8. The van der Waals surface area contributed by atoms with Crippen LogP contribution in [0.2, 0.25) is 0 Å². The number of aromatic nitrogens is 2. The van der Waals surface area contributed by atoms with E-state index in [1.54, 1.807) is 4.90 Å². The van der Waals surface area contributed by atoms with E-state index in [-0.39, 0.29) is 48.7 Å². The van der Waals surface area contributed by atoms with Gasteiger partial charge in [0.2, 0.25) is 5.91 Å². The van der Waals surface area contributed by atoms with Crippen LogP contribution in [0.4, 0.5) is 0 Å². The molecule has 2 fully saturated rings. The van der Waals surface area contributed by atoms with Crippen molar-refractivity contribution in [2.24, 2.45) is 5.92 Å². The molecule has 160 valence electrons. The highest BCUT2D eigenvalue weighted by Gasteiger charge is 2.54. The first kappa shape index (κ1) is 21.0. The number of rotatable bonds is 4. The fraction of sp³-hybridized carbons (Fsp3) is 0.417. The summed E-state index contributed by atoms with van der Waals surface area (Å²) >= 11 is 0. The van der Waals surface area contributed by atoms with Crippen LogP contribution in [0.1, 0.15) is 47.8 Å². The van der Waals surface area contributed by atoms with Crippen molar-refractivity contribution >= 4 is 11.8 Å². The quantitative estimate of drug-likeness (QED) is 0.764. The molecule has 0 unspecified atom stereocenters. The molecule has 3 atom stereocenters.